The van der Waals surface area contributed by atoms with E-state index in [-0.39, 0.29) is 32.5 Å². The molecule has 208 valence electrons. The van der Waals surface area contributed by atoms with Crippen molar-refractivity contribution in [3.05, 3.63) is 59.7 Å². The molecule has 2 saturated heterocycles. The van der Waals surface area contributed by atoms with Crippen molar-refractivity contribution >= 4 is 22.6 Å². The predicted octanol–water partition coefficient (Wildman–Crippen LogP) is 4.08. The van der Waals surface area contributed by atoms with Gasteiger partial charge in [-0.05, 0) is 24.3 Å². The Kier molecular flexibility index (Phi) is 7.63. The quantitative estimate of drug-likeness (QED) is 0.463. The molecule has 0 bridgehead atoms. The van der Waals surface area contributed by atoms with E-state index in [1.807, 2.05) is 18.2 Å². The highest BCUT2D eigenvalue weighted by Gasteiger charge is 2.38. The van der Waals surface area contributed by atoms with Gasteiger partial charge in [-0.25, -0.2) is 23.7 Å². The number of pyridine rings is 1. The summed E-state index contributed by atoms with van der Waals surface area (Å²) in [5.41, 5.74) is 1.31. The predicted molar refractivity (Wildman–Crippen MR) is 133 cm³/mol. The Morgan fingerprint density at radius 2 is 1.72 bits per heavy atom. The molecule has 0 radical (unpaired) electrons. The van der Waals surface area contributed by atoms with Crippen LogP contribution >= 0.6 is 0 Å². The van der Waals surface area contributed by atoms with Gasteiger partial charge in [-0.1, -0.05) is 6.07 Å². The van der Waals surface area contributed by atoms with E-state index in [2.05, 4.69) is 20.2 Å². The van der Waals surface area contributed by atoms with Crippen molar-refractivity contribution in [3.63, 3.8) is 0 Å². The second kappa shape index (κ2) is 11.0. The number of hydrogen-bond donors (Lipinski definition) is 1. The molecule has 1 N–H and O–H groups in total. The van der Waals surface area contributed by atoms with Gasteiger partial charge >= 0.3 is 6.18 Å². The molecule has 39 heavy (non-hydrogen) atoms. The van der Waals surface area contributed by atoms with Crippen LogP contribution in [-0.2, 0) is 10.9 Å². The topological polar surface area (TPSA) is 83.5 Å². The summed E-state index contributed by atoms with van der Waals surface area (Å²) in [6, 6.07) is 8.18. The fourth-order valence-electron chi connectivity index (χ4n) is 4.87. The van der Waals surface area contributed by atoms with Crippen LogP contribution in [0.5, 0.6) is 0 Å². The minimum Gasteiger partial charge on any atom is -0.378 e. The Hall–Kier alpha value is -3.45. The van der Waals surface area contributed by atoms with Gasteiger partial charge in [0.2, 0.25) is 5.82 Å². The van der Waals surface area contributed by atoms with E-state index in [0.717, 1.165) is 31.3 Å². The normalized spacial score (nSPS) is 19.2. The number of nitrogens with one attached hydrogen (secondary N) is 1. The highest BCUT2D eigenvalue weighted by Crippen LogP contribution is 2.33. The third kappa shape index (κ3) is 6.25. The molecule has 5 rings (SSSR count). The number of carbonyl (C=O) groups is 1. The summed E-state index contributed by atoms with van der Waals surface area (Å²) in [7, 11) is 0. The van der Waals surface area contributed by atoms with Crippen LogP contribution in [0.4, 0.5) is 27.8 Å². The number of hydrogen-bond acceptors (Lipinski definition) is 7. The average molecular weight is 551 g/mol. The van der Waals surface area contributed by atoms with Crippen molar-refractivity contribution in [2.45, 2.75) is 31.0 Å². The number of morpholine rings is 1. The Morgan fingerprint density at radius 1 is 1.03 bits per heavy atom. The van der Waals surface area contributed by atoms with E-state index in [4.69, 9.17) is 9.72 Å². The van der Waals surface area contributed by atoms with E-state index in [1.54, 1.807) is 17.0 Å². The molecule has 2 aromatic heterocycles. The van der Waals surface area contributed by atoms with Crippen LogP contribution in [-0.4, -0.2) is 77.6 Å². The van der Waals surface area contributed by atoms with Gasteiger partial charge in [0.15, 0.2) is 0 Å². The van der Waals surface area contributed by atoms with E-state index < -0.39 is 29.9 Å². The maximum Gasteiger partial charge on any atom is 0.451 e. The van der Waals surface area contributed by atoms with Crippen molar-refractivity contribution < 1.29 is 31.5 Å². The molecule has 1 amide bonds. The van der Waals surface area contributed by atoms with Gasteiger partial charge < -0.3 is 15.0 Å². The number of amides is 1. The highest BCUT2D eigenvalue weighted by atomic mass is 19.4. The number of nitrogens with zero attached hydrogens (tertiary/aromatic N) is 5. The molecule has 13 heteroatoms. The van der Waals surface area contributed by atoms with Crippen molar-refractivity contribution in [1.82, 2.24) is 25.2 Å². The van der Waals surface area contributed by atoms with Gasteiger partial charge in [-0.2, -0.15) is 13.2 Å². The second-order valence-corrected chi connectivity index (χ2v) is 9.60. The van der Waals surface area contributed by atoms with E-state index in [9.17, 15) is 26.7 Å². The molecule has 8 nitrogen and oxygen atoms in total. The van der Waals surface area contributed by atoms with Crippen LogP contribution in [0.25, 0.3) is 10.9 Å². The number of benzene rings is 1. The molecule has 0 spiro atoms. The molecule has 1 atom stereocenters. The van der Waals surface area contributed by atoms with Crippen molar-refractivity contribution in [1.29, 1.82) is 0 Å². The second-order valence-electron chi connectivity index (χ2n) is 9.60. The number of ether oxygens (including phenoxy) is 1. The number of alkyl halides is 5. The Bertz CT molecular complexity index is 1300. The zero-order valence-corrected chi connectivity index (χ0v) is 20.9. The number of fused-ring (bicyclic) bond motifs is 1. The van der Waals surface area contributed by atoms with Crippen LogP contribution in [0, 0.1) is 0 Å². The van der Waals surface area contributed by atoms with Crippen LogP contribution in [0.15, 0.2) is 42.7 Å². The number of anilines is 1. The molecule has 4 heterocycles. The number of aromatic nitrogens is 3. The fourth-order valence-corrected chi connectivity index (χ4v) is 4.87. The largest absolute Gasteiger partial charge is 0.451 e. The van der Waals surface area contributed by atoms with Crippen LogP contribution in [0.2, 0.25) is 0 Å². The molecule has 2 aliphatic rings. The van der Waals surface area contributed by atoms with Gasteiger partial charge in [0.05, 0.1) is 24.8 Å². The third-order valence-electron chi connectivity index (χ3n) is 7.03. The first-order valence-electron chi connectivity index (χ1n) is 12.6. The summed E-state index contributed by atoms with van der Waals surface area (Å²) in [6.45, 7) is 2.65. The van der Waals surface area contributed by atoms with Crippen LogP contribution in [0.1, 0.15) is 40.6 Å². The summed E-state index contributed by atoms with van der Waals surface area (Å²) >= 11 is 0. The standard InChI is InChI=1S/C26H27F5N6O2/c27-25(28)6-8-36(9-7-25)21(17-14-33-24(34-15-17)26(29,30)31)16-32-23(38)19-2-1-3-20-18(19)4-5-22(35-20)37-10-12-39-13-11-37/h1-5,14-15,21H,6-13,16H2,(H,32,38)/t21-/m0/s1. The van der Waals surface area contributed by atoms with Crippen molar-refractivity contribution in [2.75, 3.05) is 50.8 Å². The van der Waals surface area contributed by atoms with E-state index in [0.29, 0.717) is 35.2 Å². The third-order valence-corrected chi connectivity index (χ3v) is 7.03. The molecule has 2 fully saturated rings. The molecule has 1 aromatic carbocycles. The summed E-state index contributed by atoms with van der Waals surface area (Å²) < 4.78 is 71.9. The zero-order chi connectivity index (χ0) is 27.6. The Morgan fingerprint density at radius 3 is 2.38 bits per heavy atom. The number of halogens is 5. The van der Waals surface area contributed by atoms with Crippen molar-refractivity contribution in [2.24, 2.45) is 0 Å². The fraction of sp³-hybridized carbons (Fsp3) is 0.462. The Balaban J connectivity index is 1.35. The maximum absolute atomic E-state index is 13.8. The molecule has 3 aromatic rings. The first-order chi connectivity index (χ1) is 18.6. The lowest BCUT2D eigenvalue weighted by molar-refractivity contribution is -0.145. The summed E-state index contributed by atoms with van der Waals surface area (Å²) in [6.07, 6.45) is -3.42. The minimum absolute atomic E-state index is 0.0110. The van der Waals surface area contributed by atoms with Crippen LogP contribution in [0.3, 0.4) is 0 Å². The summed E-state index contributed by atoms with van der Waals surface area (Å²) in [5.74, 6) is -3.73. The van der Waals surface area contributed by atoms with Gasteiger partial charge in [-0.3, -0.25) is 9.69 Å². The van der Waals surface area contributed by atoms with Crippen molar-refractivity contribution in [3.8, 4) is 0 Å². The summed E-state index contributed by atoms with van der Waals surface area (Å²) in [4.78, 5) is 28.6. The monoisotopic (exact) mass is 550 g/mol. The molecule has 2 aliphatic heterocycles. The maximum atomic E-state index is 13.8. The average Bonchev–Trinajstić information content (AvgIpc) is 2.93. The van der Waals surface area contributed by atoms with E-state index in [1.165, 1.54) is 0 Å². The number of carbonyl (C=O) groups excluding carboxylic acids is 1. The van der Waals surface area contributed by atoms with Crippen LogP contribution < -0.4 is 10.2 Å². The molecular weight excluding hydrogens is 523 g/mol. The van der Waals surface area contributed by atoms with Gasteiger partial charge in [-0.15, -0.1) is 0 Å². The van der Waals surface area contributed by atoms with Gasteiger partial charge in [0, 0.05) is 74.5 Å². The molecular formula is C26H27F5N6O2. The lowest BCUT2D eigenvalue weighted by Gasteiger charge is -2.37. The number of rotatable bonds is 6. The molecule has 0 unspecified atom stereocenters. The lowest BCUT2D eigenvalue weighted by atomic mass is 10.0. The minimum atomic E-state index is -4.71. The number of piperidine rings is 1. The molecule has 0 saturated carbocycles. The summed E-state index contributed by atoms with van der Waals surface area (Å²) in [5, 5.41) is 3.47. The zero-order valence-electron chi connectivity index (χ0n) is 20.9. The molecule has 0 aliphatic carbocycles. The first-order valence-corrected chi connectivity index (χ1v) is 12.6. The SMILES string of the molecule is O=C(NC[C@@H](c1cnc(C(F)(F)F)nc1)N1CCC(F)(F)CC1)c1cccc2nc(N3CCOCC3)ccc12. The highest BCUT2D eigenvalue weighted by molar-refractivity contribution is 6.06. The van der Waals surface area contributed by atoms with Gasteiger partial charge in [0.25, 0.3) is 11.8 Å². The Labute approximate surface area is 221 Å². The smallest absolute Gasteiger partial charge is 0.378 e. The van der Waals surface area contributed by atoms with Gasteiger partial charge in [0.1, 0.15) is 5.82 Å². The number of likely N-dealkylation sites (tertiary alicyclic amines) is 1. The first kappa shape index (κ1) is 27.1. The lowest BCUT2D eigenvalue weighted by Crippen LogP contribution is -2.45. The van der Waals surface area contributed by atoms with E-state index >= 15 is 0 Å².